The third-order valence-electron chi connectivity index (χ3n) is 4.06. The van der Waals surface area contributed by atoms with E-state index >= 15 is 0 Å². The molecule has 0 aliphatic heterocycles. The van der Waals surface area contributed by atoms with Crippen LogP contribution in [0.3, 0.4) is 0 Å². The minimum atomic E-state index is 0.667. The Kier molecular flexibility index (Phi) is 2.44. The van der Waals surface area contributed by atoms with Gasteiger partial charge in [-0.3, -0.25) is 0 Å². The van der Waals surface area contributed by atoms with E-state index < -0.39 is 0 Å². The van der Waals surface area contributed by atoms with Crippen LogP contribution in [0.5, 0.6) is 0 Å². The summed E-state index contributed by atoms with van der Waals surface area (Å²) in [4.78, 5) is 0. The Labute approximate surface area is 81.4 Å². The SMILES string of the molecule is CCC(=N)C1CC2CC(C)CC1C2. The van der Waals surface area contributed by atoms with Crippen LogP contribution >= 0.6 is 0 Å². The molecule has 74 valence electrons. The van der Waals surface area contributed by atoms with Crippen molar-refractivity contribution in [1.29, 1.82) is 5.41 Å². The van der Waals surface area contributed by atoms with E-state index in [2.05, 4.69) is 13.8 Å². The molecule has 4 atom stereocenters. The first-order valence-corrected chi connectivity index (χ1v) is 5.78. The van der Waals surface area contributed by atoms with E-state index in [0.29, 0.717) is 5.92 Å². The van der Waals surface area contributed by atoms with Crippen molar-refractivity contribution in [3.05, 3.63) is 0 Å². The summed E-state index contributed by atoms with van der Waals surface area (Å²) < 4.78 is 0. The first-order chi connectivity index (χ1) is 6.20. The third-order valence-corrected chi connectivity index (χ3v) is 4.06. The summed E-state index contributed by atoms with van der Waals surface area (Å²) in [6.07, 6.45) is 6.56. The van der Waals surface area contributed by atoms with Gasteiger partial charge in [0.25, 0.3) is 0 Å². The Morgan fingerprint density at radius 2 is 2.00 bits per heavy atom. The normalized spacial score (nSPS) is 43.5. The van der Waals surface area contributed by atoms with E-state index in [1.165, 1.54) is 25.7 Å². The number of hydrogen-bond acceptors (Lipinski definition) is 1. The fourth-order valence-electron chi connectivity index (χ4n) is 3.56. The molecule has 0 aromatic heterocycles. The van der Waals surface area contributed by atoms with Crippen molar-refractivity contribution in [2.75, 3.05) is 0 Å². The zero-order valence-electron chi connectivity index (χ0n) is 8.84. The van der Waals surface area contributed by atoms with Crippen molar-refractivity contribution in [3.63, 3.8) is 0 Å². The molecule has 0 amide bonds. The van der Waals surface area contributed by atoms with E-state index in [1.807, 2.05) is 0 Å². The van der Waals surface area contributed by atoms with E-state index in [4.69, 9.17) is 5.41 Å². The molecule has 2 aliphatic carbocycles. The highest BCUT2D eigenvalue weighted by Gasteiger charge is 2.40. The molecule has 0 saturated heterocycles. The van der Waals surface area contributed by atoms with Gasteiger partial charge in [-0.05, 0) is 55.8 Å². The molecular formula is C12H21N. The second kappa shape index (κ2) is 3.43. The average Bonchev–Trinajstić information content (AvgIpc) is 2.40. The molecule has 2 rings (SSSR count). The van der Waals surface area contributed by atoms with Crippen molar-refractivity contribution in [2.24, 2.45) is 23.7 Å². The largest absolute Gasteiger partial charge is 0.309 e. The monoisotopic (exact) mass is 179 g/mol. The van der Waals surface area contributed by atoms with Crippen LogP contribution in [-0.4, -0.2) is 5.71 Å². The van der Waals surface area contributed by atoms with Gasteiger partial charge < -0.3 is 5.41 Å². The minimum absolute atomic E-state index is 0.667. The average molecular weight is 179 g/mol. The molecule has 1 heteroatoms. The maximum atomic E-state index is 7.95. The lowest BCUT2D eigenvalue weighted by Crippen LogP contribution is -2.19. The van der Waals surface area contributed by atoms with Gasteiger partial charge in [0.05, 0.1) is 0 Å². The summed E-state index contributed by atoms with van der Waals surface area (Å²) in [6.45, 7) is 4.52. The molecular weight excluding hydrogens is 158 g/mol. The van der Waals surface area contributed by atoms with Crippen LogP contribution in [-0.2, 0) is 0 Å². The van der Waals surface area contributed by atoms with Crippen LogP contribution in [0, 0.1) is 29.1 Å². The fraction of sp³-hybridized carbons (Fsp3) is 0.917. The van der Waals surface area contributed by atoms with E-state index in [-0.39, 0.29) is 0 Å². The van der Waals surface area contributed by atoms with Crippen LogP contribution in [0.2, 0.25) is 0 Å². The predicted octanol–water partition coefficient (Wildman–Crippen LogP) is 3.49. The number of rotatable bonds is 2. The number of hydrogen-bond donors (Lipinski definition) is 1. The summed E-state index contributed by atoms with van der Waals surface area (Å²) in [5.74, 6) is 3.44. The van der Waals surface area contributed by atoms with Crippen molar-refractivity contribution in [3.8, 4) is 0 Å². The molecule has 0 aromatic rings. The minimum Gasteiger partial charge on any atom is -0.309 e. The van der Waals surface area contributed by atoms with Gasteiger partial charge in [0.1, 0.15) is 0 Å². The maximum absolute atomic E-state index is 7.95. The molecule has 1 N–H and O–H groups in total. The third kappa shape index (κ3) is 1.66. The predicted molar refractivity (Wildman–Crippen MR) is 56.1 cm³/mol. The maximum Gasteiger partial charge on any atom is 0.0120 e. The smallest absolute Gasteiger partial charge is 0.0120 e. The first kappa shape index (κ1) is 9.23. The summed E-state index contributed by atoms with van der Waals surface area (Å²) in [6, 6.07) is 0. The van der Waals surface area contributed by atoms with Crippen LogP contribution in [0.1, 0.15) is 46.0 Å². The summed E-state index contributed by atoms with van der Waals surface area (Å²) >= 11 is 0. The lowest BCUT2D eigenvalue weighted by atomic mass is 9.80. The quantitative estimate of drug-likeness (QED) is 0.627. The van der Waals surface area contributed by atoms with Gasteiger partial charge in [0.15, 0.2) is 0 Å². The van der Waals surface area contributed by atoms with Crippen molar-refractivity contribution < 1.29 is 0 Å². The highest BCUT2D eigenvalue weighted by atomic mass is 14.5. The molecule has 1 nitrogen and oxygen atoms in total. The fourth-order valence-corrected chi connectivity index (χ4v) is 3.56. The van der Waals surface area contributed by atoms with Gasteiger partial charge in [-0.1, -0.05) is 13.8 Å². The topological polar surface area (TPSA) is 23.9 Å². The molecule has 2 fully saturated rings. The summed E-state index contributed by atoms with van der Waals surface area (Å²) in [5, 5.41) is 7.95. The molecule has 0 aromatic carbocycles. The van der Waals surface area contributed by atoms with Gasteiger partial charge in [0.2, 0.25) is 0 Å². The number of nitrogens with one attached hydrogen (secondary N) is 1. The van der Waals surface area contributed by atoms with Crippen molar-refractivity contribution in [2.45, 2.75) is 46.0 Å². The van der Waals surface area contributed by atoms with Gasteiger partial charge in [0, 0.05) is 5.71 Å². The lowest BCUT2D eigenvalue weighted by molar-refractivity contribution is 0.271. The molecule has 0 spiro atoms. The molecule has 0 radical (unpaired) electrons. The molecule has 2 bridgehead atoms. The van der Waals surface area contributed by atoms with E-state index in [9.17, 15) is 0 Å². The molecule has 0 heterocycles. The highest BCUT2D eigenvalue weighted by molar-refractivity contribution is 5.84. The van der Waals surface area contributed by atoms with E-state index in [0.717, 1.165) is 29.9 Å². The van der Waals surface area contributed by atoms with Crippen LogP contribution in [0.25, 0.3) is 0 Å². The van der Waals surface area contributed by atoms with Crippen LogP contribution < -0.4 is 0 Å². The second-order valence-corrected chi connectivity index (χ2v) is 5.16. The second-order valence-electron chi connectivity index (χ2n) is 5.16. The van der Waals surface area contributed by atoms with Crippen LogP contribution in [0.4, 0.5) is 0 Å². The summed E-state index contributed by atoms with van der Waals surface area (Å²) in [5.41, 5.74) is 1.03. The Hall–Kier alpha value is -0.330. The standard InChI is InChI=1S/C12H21N/c1-3-12(13)11-7-9-4-8(2)5-10(11)6-9/h8-11,13H,3-7H2,1-2H3. The Morgan fingerprint density at radius 1 is 1.23 bits per heavy atom. The zero-order valence-corrected chi connectivity index (χ0v) is 8.84. The number of fused-ring (bicyclic) bond motifs is 2. The van der Waals surface area contributed by atoms with E-state index in [1.54, 1.807) is 0 Å². The Balaban J connectivity index is 2.05. The highest BCUT2D eigenvalue weighted by Crippen LogP contribution is 2.48. The molecule has 2 aliphatic rings. The van der Waals surface area contributed by atoms with Gasteiger partial charge in [-0.15, -0.1) is 0 Å². The van der Waals surface area contributed by atoms with Crippen LogP contribution in [0.15, 0.2) is 0 Å². The van der Waals surface area contributed by atoms with Crippen molar-refractivity contribution >= 4 is 5.71 Å². The summed E-state index contributed by atoms with van der Waals surface area (Å²) in [7, 11) is 0. The molecule has 13 heavy (non-hydrogen) atoms. The Morgan fingerprint density at radius 3 is 2.69 bits per heavy atom. The Bertz CT molecular complexity index is 209. The van der Waals surface area contributed by atoms with Gasteiger partial charge in [-0.2, -0.15) is 0 Å². The van der Waals surface area contributed by atoms with Crippen molar-refractivity contribution in [1.82, 2.24) is 0 Å². The van der Waals surface area contributed by atoms with Gasteiger partial charge >= 0.3 is 0 Å². The first-order valence-electron chi connectivity index (χ1n) is 5.78. The zero-order chi connectivity index (χ0) is 9.42. The molecule has 2 saturated carbocycles. The lowest BCUT2D eigenvalue weighted by Gasteiger charge is -2.26. The molecule has 4 unspecified atom stereocenters. The van der Waals surface area contributed by atoms with Gasteiger partial charge in [-0.25, -0.2) is 0 Å².